The first kappa shape index (κ1) is 13.1. The average Bonchev–Trinajstić information content (AvgIpc) is 2.46. The van der Waals surface area contributed by atoms with Crippen LogP contribution in [0.15, 0.2) is 59.0 Å². The Labute approximate surface area is 113 Å². The van der Waals surface area contributed by atoms with Crippen LogP contribution in [-0.4, -0.2) is 16.4 Å². The zero-order chi connectivity index (χ0) is 13.7. The fourth-order valence-corrected chi connectivity index (χ4v) is 1.64. The summed E-state index contributed by atoms with van der Waals surface area (Å²) in [4.78, 5) is 4.07. The zero-order valence-corrected chi connectivity index (χ0v) is 11.5. The molecule has 0 aliphatic heterocycles. The van der Waals surface area contributed by atoms with E-state index in [1.807, 2.05) is 26.0 Å². The zero-order valence-electron chi connectivity index (χ0n) is 11.5. The lowest BCUT2D eigenvalue weighted by Crippen LogP contribution is -1.97. The molecule has 1 aromatic heterocycles. The van der Waals surface area contributed by atoms with Crippen molar-refractivity contribution < 1.29 is 0 Å². The maximum atomic E-state index is 4.28. The highest BCUT2D eigenvalue weighted by atomic mass is 15.2. The van der Waals surface area contributed by atoms with Gasteiger partial charge in [-0.25, -0.2) is 0 Å². The van der Waals surface area contributed by atoms with Gasteiger partial charge >= 0.3 is 0 Å². The number of rotatable bonds is 3. The van der Waals surface area contributed by atoms with Crippen molar-refractivity contribution in [2.24, 2.45) is 10.2 Å². The van der Waals surface area contributed by atoms with Crippen LogP contribution in [0.5, 0.6) is 0 Å². The molecule has 0 saturated carbocycles. The molecule has 0 aliphatic rings. The van der Waals surface area contributed by atoms with E-state index in [0.717, 1.165) is 22.6 Å². The highest BCUT2D eigenvalue weighted by Gasteiger charge is 1.98. The van der Waals surface area contributed by atoms with Gasteiger partial charge in [0.25, 0.3) is 0 Å². The van der Waals surface area contributed by atoms with Gasteiger partial charge in [-0.2, -0.15) is 10.2 Å². The van der Waals surface area contributed by atoms with E-state index in [-0.39, 0.29) is 0 Å². The van der Waals surface area contributed by atoms with E-state index in [1.165, 1.54) is 5.56 Å². The molecular formula is C16H17N3. The predicted molar refractivity (Wildman–Crippen MR) is 79.8 cm³/mol. The van der Waals surface area contributed by atoms with Crippen molar-refractivity contribution in [3.8, 4) is 0 Å². The molecule has 1 aromatic carbocycles. The molecule has 96 valence electrons. The molecular weight excluding hydrogens is 234 g/mol. The minimum atomic E-state index is 0.861. The first-order chi connectivity index (χ1) is 9.16. The van der Waals surface area contributed by atoms with E-state index >= 15 is 0 Å². The van der Waals surface area contributed by atoms with Gasteiger partial charge in [-0.3, -0.25) is 4.98 Å². The van der Waals surface area contributed by atoms with Gasteiger partial charge in [0.15, 0.2) is 0 Å². The Morgan fingerprint density at radius 3 is 2.11 bits per heavy atom. The Kier molecular flexibility index (Phi) is 4.18. The fraction of sp³-hybridized carbons (Fsp3) is 0.188. The summed E-state index contributed by atoms with van der Waals surface area (Å²) in [6.45, 7) is 5.97. The standard InChI is InChI=1S/C16H17N3/c1-12-6-8-15(9-7-12)13(2)18-19-14(3)16-5-4-10-17-11-16/h4-11H,1-3H3/b18-13+,19-14+. The summed E-state index contributed by atoms with van der Waals surface area (Å²) in [5.74, 6) is 0. The number of aryl methyl sites for hydroxylation is 1. The van der Waals surface area contributed by atoms with Gasteiger partial charge in [0.1, 0.15) is 0 Å². The van der Waals surface area contributed by atoms with Crippen LogP contribution in [0.25, 0.3) is 0 Å². The van der Waals surface area contributed by atoms with Crippen LogP contribution in [0.4, 0.5) is 0 Å². The molecule has 0 radical (unpaired) electrons. The van der Waals surface area contributed by atoms with E-state index in [9.17, 15) is 0 Å². The molecule has 0 spiro atoms. The van der Waals surface area contributed by atoms with Gasteiger partial charge < -0.3 is 0 Å². The van der Waals surface area contributed by atoms with Gasteiger partial charge in [0, 0.05) is 18.0 Å². The topological polar surface area (TPSA) is 37.6 Å². The molecule has 19 heavy (non-hydrogen) atoms. The van der Waals surface area contributed by atoms with Gasteiger partial charge in [-0.05, 0) is 32.4 Å². The summed E-state index contributed by atoms with van der Waals surface area (Å²) < 4.78 is 0. The third-order valence-electron chi connectivity index (χ3n) is 2.90. The third-order valence-corrected chi connectivity index (χ3v) is 2.90. The maximum Gasteiger partial charge on any atom is 0.0687 e. The van der Waals surface area contributed by atoms with Gasteiger partial charge in [0.05, 0.1) is 11.4 Å². The van der Waals surface area contributed by atoms with E-state index < -0.39 is 0 Å². The summed E-state index contributed by atoms with van der Waals surface area (Å²) in [7, 11) is 0. The lowest BCUT2D eigenvalue weighted by atomic mass is 10.1. The van der Waals surface area contributed by atoms with Crippen LogP contribution in [0.1, 0.15) is 30.5 Å². The van der Waals surface area contributed by atoms with Crippen molar-refractivity contribution >= 4 is 11.4 Å². The van der Waals surface area contributed by atoms with Crippen LogP contribution in [0.2, 0.25) is 0 Å². The second-order valence-corrected chi connectivity index (χ2v) is 4.48. The highest BCUT2D eigenvalue weighted by molar-refractivity contribution is 6.01. The summed E-state index contributed by atoms with van der Waals surface area (Å²) in [5.41, 5.74) is 5.09. The molecule has 0 saturated heterocycles. The van der Waals surface area contributed by atoms with Crippen LogP contribution >= 0.6 is 0 Å². The molecule has 3 heteroatoms. The van der Waals surface area contributed by atoms with Crippen molar-refractivity contribution in [3.63, 3.8) is 0 Å². The molecule has 2 rings (SSSR count). The minimum Gasteiger partial charge on any atom is -0.264 e. The molecule has 3 nitrogen and oxygen atoms in total. The Bertz CT molecular complexity index is 596. The van der Waals surface area contributed by atoms with Gasteiger partial charge in [-0.15, -0.1) is 0 Å². The van der Waals surface area contributed by atoms with E-state index in [2.05, 4.69) is 46.4 Å². The number of pyridine rings is 1. The average molecular weight is 251 g/mol. The first-order valence-corrected chi connectivity index (χ1v) is 6.23. The Hall–Kier alpha value is -2.29. The summed E-state index contributed by atoms with van der Waals surface area (Å²) in [6, 6.07) is 12.1. The highest BCUT2D eigenvalue weighted by Crippen LogP contribution is 2.06. The van der Waals surface area contributed by atoms with Gasteiger partial charge in [0.2, 0.25) is 0 Å². The number of nitrogens with zero attached hydrogens (tertiary/aromatic N) is 3. The SMILES string of the molecule is C/C(=N\N=C(/C)c1cccnc1)c1ccc(C)cc1. The molecule has 0 amide bonds. The quantitative estimate of drug-likeness (QED) is 0.606. The van der Waals surface area contributed by atoms with Crippen molar-refractivity contribution in [3.05, 3.63) is 65.5 Å². The normalized spacial score (nSPS) is 12.6. The Morgan fingerprint density at radius 2 is 1.53 bits per heavy atom. The Balaban J connectivity index is 2.20. The van der Waals surface area contributed by atoms with E-state index in [1.54, 1.807) is 12.4 Å². The maximum absolute atomic E-state index is 4.28. The number of aromatic nitrogens is 1. The monoisotopic (exact) mass is 251 g/mol. The number of benzene rings is 1. The van der Waals surface area contributed by atoms with Crippen molar-refractivity contribution in [2.75, 3.05) is 0 Å². The molecule has 1 heterocycles. The largest absolute Gasteiger partial charge is 0.264 e. The second kappa shape index (κ2) is 6.05. The molecule has 0 bridgehead atoms. The van der Waals surface area contributed by atoms with Crippen molar-refractivity contribution in [2.45, 2.75) is 20.8 Å². The summed E-state index contributed by atoms with van der Waals surface area (Å²) in [5, 5.41) is 8.53. The fourth-order valence-electron chi connectivity index (χ4n) is 1.64. The molecule has 0 N–H and O–H groups in total. The number of hydrogen-bond donors (Lipinski definition) is 0. The van der Waals surface area contributed by atoms with Crippen LogP contribution in [-0.2, 0) is 0 Å². The van der Waals surface area contributed by atoms with Crippen molar-refractivity contribution in [1.82, 2.24) is 4.98 Å². The lowest BCUT2D eigenvalue weighted by Gasteiger charge is -2.00. The third kappa shape index (κ3) is 3.58. The lowest BCUT2D eigenvalue weighted by molar-refractivity contribution is 1.21. The minimum absolute atomic E-state index is 0.861. The molecule has 0 atom stereocenters. The summed E-state index contributed by atoms with van der Waals surface area (Å²) in [6.07, 6.45) is 3.53. The second-order valence-electron chi connectivity index (χ2n) is 4.48. The van der Waals surface area contributed by atoms with E-state index in [4.69, 9.17) is 0 Å². The van der Waals surface area contributed by atoms with Crippen LogP contribution < -0.4 is 0 Å². The Morgan fingerprint density at radius 1 is 0.895 bits per heavy atom. The number of hydrogen-bond acceptors (Lipinski definition) is 3. The molecule has 0 fully saturated rings. The van der Waals surface area contributed by atoms with Crippen LogP contribution in [0, 0.1) is 6.92 Å². The molecule has 0 unspecified atom stereocenters. The summed E-state index contributed by atoms with van der Waals surface area (Å²) >= 11 is 0. The predicted octanol–water partition coefficient (Wildman–Crippen LogP) is 3.62. The molecule has 0 aliphatic carbocycles. The van der Waals surface area contributed by atoms with Crippen LogP contribution in [0.3, 0.4) is 0 Å². The molecule has 2 aromatic rings. The smallest absolute Gasteiger partial charge is 0.0687 e. The van der Waals surface area contributed by atoms with Gasteiger partial charge in [-0.1, -0.05) is 35.9 Å². The van der Waals surface area contributed by atoms with E-state index in [0.29, 0.717) is 0 Å². The van der Waals surface area contributed by atoms with Crippen molar-refractivity contribution in [1.29, 1.82) is 0 Å². The first-order valence-electron chi connectivity index (χ1n) is 6.23.